The quantitative estimate of drug-likeness (QED) is 0.168. The van der Waals surface area contributed by atoms with E-state index in [0.717, 1.165) is 41.8 Å². The number of nitrogens with zero attached hydrogens (tertiary/aromatic N) is 2. The summed E-state index contributed by atoms with van der Waals surface area (Å²) in [5.41, 5.74) is 5.66. The summed E-state index contributed by atoms with van der Waals surface area (Å²) < 4.78 is 5.27. The number of unbranched alkanes of at least 4 members (excludes halogenated alkanes) is 1. The van der Waals surface area contributed by atoms with Crippen molar-refractivity contribution in [3.8, 4) is 23.0 Å². The number of carbonyl (C=O) groups is 2. The Morgan fingerprint density at radius 2 is 1.82 bits per heavy atom. The Bertz CT molecular complexity index is 1520. The first-order valence-corrected chi connectivity index (χ1v) is 15.1. The van der Waals surface area contributed by atoms with Crippen LogP contribution in [0.25, 0.3) is 11.1 Å². The van der Waals surface area contributed by atoms with Gasteiger partial charge < -0.3 is 9.84 Å². The summed E-state index contributed by atoms with van der Waals surface area (Å²) in [6.07, 6.45) is 3.13. The highest BCUT2D eigenvalue weighted by Crippen LogP contribution is 2.26. The lowest BCUT2D eigenvalue weighted by Gasteiger charge is -2.37. The van der Waals surface area contributed by atoms with Gasteiger partial charge in [-0.05, 0) is 60.0 Å². The second-order valence-electron chi connectivity index (χ2n) is 9.48. The smallest absolute Gasteiger partial charge is 0.424 e. The van der Waals surface area contributed by atoms with Gasteiger partial charge in [0.15, 0.2) is 0 Å². The van der Waals surface area contributed by atoms with Crippen LogP contribution in [-0.2, 0) is 17.6 Å². The number of carboxylic acids is 1. The molecule has 6 nitrogen and oxygen atoms in total. The summed E-state index contributed by atoms with van der Waals surface area (Å²) in [5.74, 6) is 5.78. The maximum absolute atomic E-state index is 12.4. The van der Waals surface area contributed by atoms with Gasteiger partial charge in [0.25, 0.3) is 0 Å². The molecule has 1 aliphatic rings. The molecule has 1 aliphatic heterocycles. The molecule has 2 aromatic heterocycles. The second-order valence-corrected chi connectivity index (χ2v) is 11.4. The van der Waals surface area contributed by atoms with Crippen molar-refractivity contribution in [1.82, 2.24) is 10.0 Å². The van der Waals surface area contributed by atoms with Gasteiger partial charge in [0.2, 0.25) is 0 Å². The Labute approximate surface area is 242 Å². The van der Waals surface area contributed by atoms with E-state index < -0.39 is 5.97 Å². The number of carbonyl (C=O) groups excluding carboxylic acids is 1. The van der Waals surface area contributed by atoms with Gasteiger partial charge in [-0.1, -0.05) is 54.3 Å². The fourth-order valence-corrected chi connectivity index (χ4v) is 6.28. The Morgan fingerprint density at radius 1 is 0.950 bits per heavy atom. The number of aryl methyl sites for hydroxylation is 1. The maximum atomic E-state index is 12.4. The van der Waals surface area contributed by atoms with Crippen molar-refractivity contribution in [2.45, 2.75) is 25.7 Å². The first kappa shape index (κ1) is 27.7. The van der Waals surface area contributed by atoms with Crippen LogP contribution in [0.3, 0.4) is 0 Å². The second kappa shape index (κ2) is 13.4. The number of amides is 1. The predicted molar refractivity (Wildman–Crippen MR) is 160 cm³/mol. The van der Waals surface area contributed by atoms with E-state index in [1.54, 1.807) is 22.4 Å². The van der Waals surface area contributed by atoms with E-state index in [9.17, 15) is 9.59 Å². The van der Waals surface area contributed by atoms with E-state index in [4.69, 9.17) is 9.84 Å². The van der Waals surface area contributed by atoms with E-state index in [1.807, 2.05) is 24.3 Å². The molecule has 0 spiro atoms. The molecule has 0 aliphatic carbocycles. The number of rotatable bonds is 10. The van der Waals surface area contributed by atoms with Crippen molar-refractivity contribution in [2.75, 3.05) is 26.2 Å². The Balaban J connectivity index is 1.13. The van der Waals surface area contributed by atoms with E-state index in [-0.39, 0.29) is 6.09 Å². The third-order valence-corrected chi connectivity index (χ3v) is 8.59. The average Bonchev–Trinajstić information content (AvgIpc) is 3.65. The highest BCUT2D eigenvalue weighted by molar-refractivity contribution is 7.13. The molecule has 0 saturated carbocycles. The summed E-state index contributed by atoms with van der Waals surface area (Å²) in [5, 5.41) is 17.1. The first-order valence-electron chi connectivity index (χ1n) is 13.3. The lowest BCUT2D eigenvalue weighted by molar-refractivity contribution is -0.0680. The molecule has 2 aromatic carbocycles. The summed E-state index contributed by atoms with van der Waals surface area (Å²) in [6.45, 7) is 2.28. The van der Waals surface area contributed by atoms with Gasteiger partial charge in [-0.15, -0.1) is 11.3 Å². The number of aromatic carboxylic acids is 1. The predicted octanol–water partition coefficient (Wildman–Crippen LogP) is 6.81. The number of hydrazine groups is 1. The SMILES string of the molecule is O=C(O)c1ccc(CCN2C(=O)OCCN2CCCCc2cccc(C#Cc3cscc3-c3ccccc3)c2)s1. The number of thiophene rings is 2. The molecule has 0 unspecified atom stereocenters. The zero-order valence-corrected chi connectivity index (χ0v) is 23.7. The zero-order chi connectivity index (χ0) is 27.7. The van der Waals surface area contributed by atoms with Crippen molar-refractivity contribution in [3.05, 3.63) is 104 Å². The fourth-order valence-electron chi connectivity index (χ4n) is 4.66. The van der Waals surface area contributed by atoms with Gasteiger partial charge in [0, 0.05) is 46.5 Å². The number of benzene rings is 2. The third-order valence-electron chi connectivity index (χ3n) is 6.72. The van der Waals surface area contributed by atoms with E-state index >= 15 is 0 Å². The number of ether oxygens (including phenoxy) is 1. The Morgan fingerprint density at radius 3 is 2.65 bits per heavy atom. The first-order chi connectivity index (χ1) is 19.6. The molecular weight excluding hydrogens is 540 g/mol. The van der Waals surface area contributed by atoms with Crippen LogP contribution in [0.5, 0.6) is 0 Å². The largest absolute Gasteiger partial charge is 0.477 e. The highest BCUT2D eigenvalue weighted by atomic mass is 32.1. The molecule has 3 heterocycles. The molecule has 1 N–H and O–H groups in total. The van der Waals surface area contributed by atoms with Crippen molar-refractivity contribution < 1.29 is 19.4 Å². The molecule has 0 radical (unpaired) electrons. The van der Waals surface area contributed by atoms with Gasteiger partial charge in [0.05, 0.1) is 6.54 Å². The van der Waals surface area contributed by atoms with Crippen molar-refractivity contribution >= 4 is 34.7 Å². The van der Waals surface area contributed by atoms with Crippen molar-refractivity contribution in [1.29, 1.82) is 0 Å². The van der Waals surface area contributed by atoms with Crippen LogP contribution >= 0.6 is 22.7 Å². The number of cyclic esters (lactones) is 1. The molecule has 1 fully saturated rings. The van der Waals surface area contributed by atoms with Crippen molar-refractivity contribution in [3.63, 3.8) is 0 Å². The van der Waals surface area contributed by atoms with E-state index in [2.05, 4.69) is 64.0 Å². The number of carboxylic acid groups (broad SMARTS) is 1. The summed E-state index contributed by atoms with van der Waals surface area (Å²) in [4.78, 5) is 24.8. The Hall–Kier alpha value is -3.90. The van der Waals surface area contributed by atoms with Crippen LogP contribution in [0.2, 0.25) is 0 Å². The van der Waals surface area contributed by atoms with Crippen LogP contribution in [0.4, 0.5) is 4.79 Å². The monoisotopic (exact) mass is 570 g/mol. The highest BCUT2D eigenvalue weighted by Gasteiger charge is 2.27. The molecule has 204 valence electrons. The molecule has 0 bridgehead atoms. The zero-order valence-electron chi connectivity index (χ0n) is 22.0. The Kier molecular flexibility index (Phi) is 9.30. The van der Waals surface area contributed by atoms with Crippen LogP contribution < -0.4 is 0 Å². The minimum absolute atomic E-state index is 0.312. The third kappa shape index (κ3) is 7.19. The number of hydrogen-bond acceptors (Lipinski definition) is 6. The lowest BCUT2D eigenvalue weighted by atomic mass is 10.0. The standard InChI is InChI=1S/C32H30N2O4S2/c35-31(36)30-15-14-28(40-30)16-18-34-32(37)38-20-19-33(34)17-5-4-7-24-8-6-9-25(21-24)12-13-27-22-39-23-29(27)26-10-2-1-3-11-26/h1-3,6,8-11,14-15,21-23H,4-5,7,16-20H2,(H,35,36). The molecule has 4 aromatic rings. The topological polar surface area (TPSA) is 70.1 Å². The summed E-state index contributed by atoms with van der Waals surface area (Å²) >= 11 is 2.92. The van der Waals surface area contributed by atoms with E-state index in [1.165, 1.54) is 28.0 Å². The van der Waals surface area contributed by atoms with Gasteiger partial charge >= 0.3 is 12.1 Å². The van der Waals surface area contributed by atoms with Gasteiger partial charge in [-0.25, -0.2) is 19.6 Å². The lowest BCUT2D eigenvalue weighted by Crippen LogP contribution is -2.53. The molecular formula is C32H30N2O4S2. The normalized spacial score (nSPS) is 13.5. The molecule has 0 atom stereocenters. The summed E-state index contributed by atoms with van der Waals surface area (Å²) in [6, 6.07) is 22.2. The minimum atomic E-state index is -0.924. The van der Waals surface area contributed by atoms with Crippen molar-refractivity contribution in [2.24, 2.45) is 0 Å². The molecule has 1 saturated heterocycles. The summed E-state index contributed by atoms with van der Waals surface area (Å²) in [7, 11) is 0. The van der Waals surface area contributed by atoms with E-state index in [0.29, 0.717) is 31.0 Å². The van der Waals surface area contributed by atoms with Gasteiger partial charge in [-0.3, -0.25) is 0 Å². The van der Waals surface area contributed by atoms with Crippen LogP contribution in [0.1, 0.15) is 44.1 Å². The molecule has 40 heavy (non-hydrogen) atoms. The molecule has 8 heteroatoms. The number of hydrogen-bond donors (Lipinski definition) is 1. The van der Waals surface area contributed by atoms with Crippen LogP contribution in [-0.4, -0.2) is 53.4 Å². The van der Waals surface area contributed by atoms with Gasteiger partial charge in [-0.2, -0.15) is 11.3 Å². The van der Waals surface area contributed by atoms with Crippen LogP contribution in [0.15, 0.2) is 77.5 Å². The maximum Gasteiger partial charge on any atom is 0.424 e. The fraction of sp³-hybridized carbons (Fsp3) is 0.250. The van der Waals surface area contributed by atoms with Gasteiger partial charge in [0.1, 0.15) is 11.5 Å². The molecule has 1 amide bonds. The average molecular weight is 571 g/mol. The van der Waals surface area contributed by atoms with Crippen LogP contribution in [0, 0.1) is 11.8 Å². The molecule has 5 rings (SSSR count). The minimum Gasteiger partial charge on any atom is -0.477 e.